The van der Waals surface area contributed by atoms with E-state index in [2.05, 4.69) is 10.9 Å². The first-order valence-electron chi connectivity index (χ1n) is 1.97. The van der Waals surface area contributed by atoms with Crippen molar-refractivity contribution < 1.29 is 4.79 Å². The molecule has 0 saturated heterocycles. The van der Waals surface area contributed by atoms with Crippen LogP contribution in [-0.4, -0.2) is 19.5 Å². The van der Waals surface area contributed by atoms with Gasteiger partial charge in [-0.05, 0) is 0 Å². The molecular formula is C3H9N3O. The molecule has 0 aromatic carbocycles. The fourth-order valence-corrected chi connectivity index (χ4v) is 0.190. The summed E-state index contributed by atoms with van der Waals surface area (Å²) in [5.41, 5.74) is 9.63. The van der Waals surface area contributed by atoms with Crippen molar-refractivity contribution in [3.63, 3.8) is 0 Å². The van der Waals surface area contributed by atoms with E-state index < -0.39 is 0 Å². The zero-order chi connectivity index (χ0) is 5.70. The standard InChI is InChI=1S/C3H9N3O/c1-5-6-3(7)2-4/h5H,2,4H2,1H3,(H,6,7). The third-order valence-electron chi connectivity index (χ3n) is 0.450. The molecule has 0 bridgehead atoms. The second-order valence-electron chi connectivity index (χ2n) is 1.00. The van der Waals surface area contributed by atoms with E-state index in [0.29, 0.717) is 0 Å². The molecule has 0 aliphatic carbocycles. The van der Waals surface area contributed by atoms with Crippen molar-refractivity contribution >= 4 is 5.91 Å². The molecule has 4 heteroatoms. The van der Waals surface area contributed by atoms with Gasteiger partial charge in [-0.3, -0.25) is 10.2 Å². The molecule has 0 aromatic heterocycles. The van der Waals surface area contributed by atoms with E-state index in [4.69, 9.17) is 5.73 Å². The molecule has 7 heavy (non-hydrogen) atoms. The highest BCUT2D eigenvalue weighted by atomic mass is 16.2. The summed E-state index contributed by atoms with van der Waals surface area (Å²) in [6.45, 7) is 0.0286. The number of rotatable bonds is 2. The number of hydrazine groups is 1. The van der Waals surface area contributed by atoms with Crippen LogP contribution < -0.4 is 16.6 Å². The second-order valence-corrected chi connectivity index (χ2v) is 1.00. The van der Waals surface area contributed by atoms with Crippen LogP contribution in [0, 0.1) is 0 Å². The zero-order valence-corrected chi connectivity index (χ0v) is 4.19. The molecule has 42 valence electrons. The number of carbonyl (C=O) groups excluding carboxylic acids is 1. The molecule has 0 radical (unpaired) electrons. The molecule has 0 spiro atoms. The molecule has 0 saturated carbocycles. The van der Waals surface area contributed by atoms with Gasteiger partial charge in [0.2, 0.25) is 5.91 Å². The molecule has 0 aliphatic heterocycles. The first-order valence-corrected chi connectivity index (χ1v) is 1.97. The Morgan fingerprint density at radius 3 is 2.57 bits per heavy atom. The highest BCUT2D eigenvalue weighted by molar-refractivity contribution is 5.77. The lowest BCUT2D eigenvalue weighted by Gasteiger charge is -1.95. The maximum Gasteiger partial charge on any atom is 0.247 e. The van der Waals surface area contributed by atoms with Crippen molar-refractivity contribution in [3.8, 4) is 0 Å². The number of nitrogens with two attached hydrogens (primary N) is 1. The second kappa shape index (κ2) is 3.58. The number of hydrogen-bond donors (Lipinski definition) is 3. The molecule has 0 fully saturated rings. The van der Waals surface area contributed by atoms with E-state index in [-0.39, 0.29) is 12.5 Å². The van der Waals surface area contributed by atoms with Crippen molar-refractivity contribution in [2.45, 2.75) is 0 Å². The highest BCUT2D eigenvalue weighted by Crippen LogP contribution is 1.47. The average Bonchev–Trinajstić information content (AvgIpc) is 1.68. The third kappa shape index (κ3) is 3.21. The monoisotopic (exact) mass is 103 g/mol. The minimum atomic E-state index is -0.206. The van der Waals surface area contributed by atoms with Gasteiger partial charge in [0.25, 0.3) is 0 Å². The quantitative estimate of drug-likeness (QED) is 0.361. The van der Waals surface area contributed by atoms with E-state index in [1.54, 1.807) is 7.05 Å². The summed E-state index contributed by atoms with van der Waals surface area (Å²) >= 11 is 0. The van der Waals surface area contributed by atoms with E-state index >= 15 is 0 Å². The molecule has 0 aliphatic rings. The van der Waals surface area contributed by atoms with Gasteiger partial charge >= 0.3 is 0 Å². The van der Waals surface area contributed by atoms with Crippen LogP contribution in [0.3, 0.4) is 0 Å². The van der Waals surface area contributed by atoms with Gasteiger partial charge in [-0.1, -0.05) is 0 Å². The average molecular weight is 103 g/mol. The number of hydrogen-bond acceptors (Lipinski definition) is 3. The molecule has 0 aromatic rings. The normalized spacial score (nSPS) is 8.29. The fraction of sp³-hybridized carbons (Fsp3) is 0.667. The predicted octanol–water partition coefficient (Wildman–Crippen LogP) is -1.80. The summed E-state index contributed by atoms with van der Waals surface area (Å²) in [6.07, 6.45) is 0. The van der Waals surface area contributed by atoms with Crippen LogP contribution in [0.1, 0.15) is 0 Å². The summed E-state index contributed by atoms with van der Waals surface area (Å²) in [5.74, 6) is -0.206. The van der Waals surface area contributed by atoms with E-state index in [1.807, 2.05) is 0 Å². The van der Waals surface area contributed by atoms with Gasteiger partial charge in [0.1, 0.15) is 0 Å². The van der Waals surface area contributed by atoms with Crippen LogP contribution in [0.5, 0.6) is 0 Å². The van der Waals surface area contributed by atoms with Gasteiger partial charge < -0.3 is 5.73 Å². The zero-order valence-electron chi connectivity index (χ0n) is 4.19. The fourth-order valence-electron chi connectivity index (χ4n) is 0.190. The van der Waals surface area contributed by atoms with Crippen LogP contribution in [0.2, 0.25) is 0 Å². The van der Waals surface area contributed by atoms with Crippen molar-refractivity contribution in [2.24, 2.45) is 5.73 Å². The van der Waals surface area contributed by atoms with Gasteiger partial charge in [0.05, 0.1) is 6.54 Å². The molecule has 4 N–H and O–H groups in total. The Kier molecular flexibility index (Phi) is 3.26. The van der Waals surface area contributed by atoms with Gasteiger partial charge in [-0.15, -0.1) is 0 Å². The summed E-state index contributed by atoms with van der Waals surface area (Å²) in [5, 5.41) is 0. The minimum Gasteiger partial charge on any atom is -0.322 e. The van der Waals surface area contributed by atoms with E-state index in [1.165, 1.54) is 0 Å². The first kappa shape index (κ1) is 6.39. The summed E-state index contributed by atoms with van der Waals surface area (Å²) in [6, 6.07) is 0. The Morgan fingerprint density at radius 1 is 1.86 bits per heavy atom. The maximum atomic E-state index is 10.1. The largest absolute Gasteiger partial charge is 0.322 e. The van der Waals surface area contributed by atoms with Crippen LogP contribution in [-0.2, 0) is 4.79 Å². The Hall–Kier alpha value is -0.610. The highest BCUT2D eigenvalue weighted by Gasteiger charge is 1.88. The summed E-state index contributed by atoms with van der Waals surface area (Å²) in [4.78, 5) is 10.1. The Labute approximate surface area is 42.0 Å². The van der Waals surface area contributed by atoms with Crippen LogP contribution >= 0.6 is 0 Å². The lowest BCUT2D eigenvalue weighted by atomic mass is 10.6. The molecule has 0 rings (SSSR count). The van der Waals surface area contributed by atoms with Crippen LogP contribution in [0.25, 0.3) is 0 Å². The lowest BCUT2D eigenvalue weighted by molar-refractivity contribution is -0.120. The smallest absolute Gasteiger partial charge is 0.247 e. The van der Waals surface area contributed by atoms with Gasteiger partial charge in [0, 0.05) is 7.05 Å². The van der Waals surface area contributed by atoms with Crippen molar-refractivity contribution in [1.29, 1.82) is 0 Å². The number of nitrogens with one attached hydrogen (secondary N) is 2. The number of amides is 1. The summed E-state index contributed by atoms with van der Waals surface area (Å²) in [7, 11) is 1.60. The lowest BCUT2D eigenvalue weighted by Crippen LogP contribution is -2.38. The first-order chi connectivity index (χ1) is 3.31. The summed E-state index contributed by atoms with van der Waals surface area (Å²) < 4.78 is 0. The Bertz CT molecular complexity index is 63.2. The van der Waals surface area contributed by atoms with Crippen LogP contribution in [0.4, 0.5) is 0 Å². The van der Waals surface area contributed by atoms with Crippen LogP contribution in [0.15, 0.2) is 0 Å². The Morgan fingerprint density at radius 2 is 2.43 bits per heavy atom. The van der Waals surface area contributed by atoms with Crippen molar-refractivity contribution in [1.82, 2.24) is 10.9 Å². The van der Waals surface area contributed by atoms with Gasteiger partial charge in [-0.2, -0.15) is 0 Å². The number of carbonyl (C=O) groups is 1. The molecule has 0 unspecified atom stereocenters. The van der Waals surface area contributed by atoms with Crippen molar-refractivity contribution in [3.05, 3.63) is 0 Å². The minimum absolute atomic E-state index is 0.0286. The third-order valence-corrected chi connectivity index (χ3v) is 0.450. The molecule has 0 atom stereocenters. The van der Waals surface area contributed by atoms with Gasteiger partial charge in [-0.25, -0.2) is 5.43 Å². The predicted molar refractivity (Wildman–Crippen MR) is 26.3 cm³/mol. The topological polar surface area (TPSA) is 67.1 Å². The SMILES string of the molecule is CNNC(=O)CN. The maximum absolute atomic E-state index is 10.1. The molecule has 4 nitrogen and oxygen atoms in total. The van der Waals surface area contributed by atoms with Crippen molar-refractivity contribution in [2.75, 3.05) is 13.6 Å². The van der Waals surface area contributed by atoms with Gasteiger partial charge in [0.15, 0.2) is 0 Å². The van der Waals surface area contributed by atoms with E-state index in [0.717, 1.165) is 0 Å². The Balaban J connectivity index is 3.00. The molecule has 0 heterocycles. The molecular weight excluding hydrogens is 94.1 g/mol. The van der Waals surface area contributed by atoms with E-state index in [9.17, 15) is 4.79 Å². The molecule has 1 amide bonds.